The molecule has 7 heteroatoms. The molecule has 134 valence electrons. The second-order valence-electron chi connectivity index (χ2n) is 4.94. The van der Waals surface area contributed by atoms with Crippen LogP contribution >= 0.6 is 19.7 Å². The zero-order valence-corrected chi connectivity index (χ0v) is 16.0. The first-order valence-corrected chi connectivity index (χ1v) is 9.19. The van der Waals surface area contributed by atoms with Gasteiger partial charge in [0.1, 0.15) is 19.6 Å². The molecule has 0 saturated carbocycles. The maximum Gasteiger partial charge on any atom is 0.221 e. The van der Waals surface area contributed by atoms with Crippen LogP contribution in [-0.2, 0) is 9.26 Å². The van der Waals surface area contributed by atoms with E-state index in [4.69, 9.17) is 30.3 Å². The first-order valence-electron chi connectivity index (χ1n) is 7.55. The van der Waals surface area contributed by atoms with Crippen LogP contribution in [0.25, 0.3) is 0 Å². The molecule has 0 aliphatic heterocycles. The van der Waals surface area contributed by atoms with E-state index in [1.54, 1.807) is 44.6 Å². The van der Waals surface area contributed by atoms with E-state index in [1.807, 2.05) is 12.1 Å². The Kier molecular flexibility index (Phi) is 7.66. The molecular formula is C18H20ClO5P. The van der Waals surface area contributed by atoms with Crippen molar-refractivity contribution in [2.45, 2.75) is 0 Å². The third-order valence-electron chi connectivity index (χ3n) is 3.41. The van der Waals surface area contributed by atoms with Crippen LogP contribution in [0.4, 0.5) is 0 Å². The minimum atomic E-state index is -1.60. The Morgan fingerprint density at radius 1 is 1.00 bits per heavy atom. The SMILES string of the molecule is COCCOP(C(=O)c1c(Cl)cccc1OC)c1ccc(OC)cc1. The van der Waals surface area contributed by atoms with E-state index in [0.29, 0.717) is 35.3 Å². The van der Waals surface area contributed by atoms with Gasteiger partial charge in [-0.1, -0.05) is 17.7 Å². The number of ether oxygens (including phenoxy) is 3. The lowest BCUT2D eigenvalue weighted by Crippen LogP contribution is -2.14. The van der Waals surface area contributed by atoms with E-state index in [1.165, 1.54) is 7.11 Å². The molecule has 1 atom stereocenters. The van der Waals surface area contributed by atoms with Gasteiger partial charge in [0.25, 0.3) is 0 Å². The fourth-order valence-electron chi connectivity index (χ4n) is 2.16. The van der Waals surface area contributed by atoms with Gasteiger partial charge in [0.2, 0.25) is 5.52 Å². The highest BCUT2D eigenvalue weighted by Gasteiger charge is 2.28. The van der Waals surface area contributed by atoms with Crippen LogP contribution < -0.4 is 14.8 Å². The second kappa shape index (κ2) is 9.73. The van der Waals surface area contributed by atoms with Gasteiger partial charge in [0.15, 0.2) is 0 Å². The molecule has 0 spiro atoms. The van der Waals surface area contributed by atoms with Gasteiger partial charge >= 0.3 is 0 Å². The lowest BCUT2D eigenvalue weighted by atomic mass is 10.2. The predicted molar refractivity (Wildman–Crippen MR) is 99.7 cm³/mol. The van der Waals surface area contributed by atoms with Gasteiger partial charge in [-0.25, -0.2) is 0 Å². The number of halogens is 1. The normalized spacial score (nSPS) is 11.8. The standard InChI is InChI=1S/C18H20ClO5P/c1-21-11-12-24-25(14-9-7-13(22-2)8-10-14)18(20)17-15(19)5-4-6-16(17)23-3/h4-10H,11-12H2,1-3H3. The molecule has 0 aromatic heterocycles. The molecule has 0 N–H and O–H groups in total. The number of benzene rings is 2. The Balaban J connectivity index is 2.38. The van der Waals surface area contributed by atoms with Crippen LogP contribution in [-0.4, -0.2) is 40.1 Å². The number of carbonyl (C=O) groups is 1. The van der Waals surface area contributed by atoms with Crippen molar-refractivity contribution in [1.82, 2.24) is 0 Å². The van der Waals surface area contributed by atoms with Crippen LogP contribution in [0, 0.1) is 0 Å². The smallest absolute Gasteiger partial charge is 0.221 e. The van der Waals surface area contributed by atoms with E-state index in [2.05, 4.69) is 0 Å². The molecule has 0 heterocycles. The zero-order chi connectivity index (χ0) is 18.2. The van der Waals surface area contributed by atoms with E-state index in [0.717, 1.165) is 5.30 Å². The molecule has 2 aromatic rings. The highest BCUT2D eigenvalue weighted by Crippen LogP contribution is 2.44. The van der Waals surface area contributed by atoms with Gasteiger partial charge in [-0.3, -0.25) is 4.79 Å². The van der Waals surface area contributed by atoms with Crippen LogP contribution in [0.1, 0.15) is 10.4 Å². The predicted octanol–water partition coefficient (Wildman–Crippen LogP) is 3.88. The average Bonchev–Trinajstić information content (AvgIpc) is 2.64. The van der Waals surface area contributed by atoms with Crippen LogP contribution in [0.5, 0.6) is 11.5 Å². The summed E-state index contributed by atoms with van der Waals surface area (Å²) < 4.78 is 21.3. The Hall–Kier alpha value is -1.65. The number of carbonyl (C=O) groups excluding carboxylic acids is 1. The molecule has 25 heavy (non-hydrogen) atoms. The molecule has 0 saturated heterocycles. The van der Waals surface area contributed by atoms with E-state index >= 15 is 0 Å². The van der Waals surface area contributed by atoms with Crippen molar-refractivity contribution in [3.63, 3.8) is 0 Å². The van der Waals surface area contributed by atoms with Crippen LogP contribution in [0.3, 0.4) is 0 Å². The molecule has 0 fully saturated rings. The highest BCUT2D eigenvalue weighted by molar-refractivity contribution is 7.78. The van der Waals surface area contributed by atoms with Crippen molar-refractivity contribution in [2.24, 2.45) is 0 Å². The minimum absolute atomic E-state index is 0.210. The van der Waals surface area contributed by atoms with E-state index in [-0.39, 0.29) is 5.52 Å². The molecule has 5 nitrogen and oxygen atoms in total. The quantitative estimate of drug-likeness (QED) is 0.486. The summed E-state index contributed by atoms with van der Waals surface area (Å²) in [5.41, 5.74) is 0.115. The molecule has 0 aliphatic rings. The van der Waals surface area contributed by atoms with E-state index in [9.17, 15) is 4.79 Å². The summed E-state index contributed by atoms with van der Waals surface area (Å²) >= 11 is 6.25. The lowest BCUT2D eigenvalue weighted by Gasteiger charge is -2.19. The first-order chi connectivity index (χ1) is 12.1. The zero-order valence-electron chi connectivity index (χ0n) is 14.3. The first kappa shape index (κ1) is 19.7. The average molecular weight is 383 g/mol. The fraction of sp³-hybridized carbons (Fsp3) is 0.278. The van der Waals surface area contributed by atoms with Gasteiger partial charge in [-0.05, 0) is 36.4 Å². The van der Waals surface area contributed by atoms with Gasteiger partial charge < -0.3 is 18.7 Å². The third-order valence-corrected chi connectivity index (χ3v) is 5.52. The number of hydrogen-bond acceptors (Lipinski definition) is 5. The number of rotatable bonds is 9. The maximum absolute atomic E-state index is 13.2. The number of hydrogen-bond donors (Lipinski definition) is 0. The van der Waals surface area contributed by atoms with Gasteiger partial charge in [0, 0.05) is 12.4 Å². The molecule has 0 aliphatic carbocycles. The van der Waals surface area contributed by atoms with Crippen LogP contribution in [0.2, 0.25) is 5.02 Å². The van der Waals surface area contributed by atoms with Crippen LogP contribution in [0.15, 0.2) is 42.5 Å². The van der Waals surface area contributed by atoms with Crippen molar-refractivity contribution in [1.29, 1.82) is 0 Å². The minimum Gasteiger partial charge on any atom is -0.497 e. The Labute approximate surface area is 153 Å². The largest absolute Gasteiger partial charge is 0.497 e. The molecule has 2 aromatic carbocycles. The Morgan fingerprint density at radius 3 is 2.32 bits per heavy atom. The van der Waals surface area contributed by atoms with Crippen molar-refractivity contribution in [3.8, 4) is 11.5 Å². The molecule has 0 amide bonds. The van der Waals surface area contributed by atoms with E-state index < -0.39 is 8.15 Å². The summed E-state index contributed by atoms with van der Waals surface area (Å²) in [7, 11) is 3.08. The summed E-state index contributed by atoms with van der Waals surface area (Å²) in [5, 5.41) is 1.10. The van der Waals surface area contributed by atoms with Crippen molar-refractivity contribution >= 4 is 30.6 Å². The summed E-state index contributed by atoms with van der Waals surface area (Å²) in [5.74, 6) is 1.13. The highest BCUT2D eigenvalue weighted by atomic mass is 35.5. The second-order valence-corrected chi connectivity index (χ2v) is 7.12. The topological polar surface area (TPSA) is 54.0 Å². The summed E-state index contributed by atoms with van der Waals surface area (Å²) in [4.78, 5) is 13.2. The summed E-state index contributed by atoms with van der Waals surface area (Å²) in [6.45, 7) is 0.689. The molecule has 2 rings (SSSR count). The molecule has 0 radical (unpaired) electrons. The monoisotopic (exact) mass is 382 g/mol. The summed E-state index contributed by atoms with van der Waals surface area (Å²) in [6.07, 6.45) is 0. The van der Waals surface area contributed by atoms with Gasteiger partial charge in [0.05, 0.1) is 38.0 Å². The summed E-state index contributed by atoms with van der Waals surface area (Å²) in [6, 6.07) is 12.3. The maximum atomic E-state index is 13.2. The number of methoxy groups -OCH3 is 3. The molecule has 1 unspecified atom stereocenters. The molecular weight excluding hydrogens is 363 g/mol. The third kappa shape index (κ3) is 4.93. The fourth-order valence-corrected chi connectivity index (χ4v) is 4.09. The Bertz CT molecular complexity index is 705. The van der Waals surface area contributed by atoms with Crippen molar-refractivity contribution < 1.29 is 23.5 Å². The molecule has 0 bridgehead atoms. The van der Waals surface area contributed by atoms with Crippen molar-refractivity contribution in [2.75, 3.05) is 34.5 Å². The lowest BCUT2D eigenvalue weighted by molar-refractivity contribution is 0.105. The van der Waals surface area contributed by atoms with Gasteiger partial charge in [-0.15, -0.1) is 0 Å². The van der Waals surface area contributed by atoms with Crippen molar-refractivity contribution in [3.05, 3.63) is 53.1 Å². The Morgan fingerprint density at radius 2 is 1.72 bits per heavy atom. The van der Waals surface area contributed by atoms with Gasteiger partial charge in [-0.2, -0.15) is 0 Å².